The second-order valence-corrected chi connectivity index (χ2v) is 9.73. The summed E-state index contributed by atoms with van der Waals surface area (Å²) in [5, 5.41) is 12.1. The van der Waals surface area contributed by atoms with Gasteiger partial charge in [0.15, 0.2) is 0 Å². The second kappa shape index (κ2) is 11.4. The Morgan fingerprint density at radius 1 is 1.05 bits per heavy atom. The van der Waals surface area contributed by atoms with Crippen molar-refractivity contribution in [1.82, 2.24) is 0 Å². The molecule has 0 fully saturated rings. The van der Waals surface area contributed by atoms with E-state index in [-0.39, 0.29) is 24.1 Å². The highest BCUT2D eigenvalue weighted by molar-refractivity contribution is 5.92. The zero-order chi connectivity index (χ0) is 26.1. The Labute approximate surface area is 227 Å². The normalized spacial score (nSPS) is 15.4. The van der Waals surface area contributed by atoms with Crippen LogP contribution in [0.25, 0.3) is 10.8 Å². The summed E-state index contributed by atoms with van der Waals surface area (Å²) in [4.78, 5) is 13.6. The highest BCUT2D eigenvalue weighted by atomic mass is 35.5. The molecule has 1 aliphatic heterocycles. The number of hydrogen-bond donors (Lipinski definition) is 1. The second-order valence-electron chi connectivity index (χ2n) is 9.73. The number of carbonyl (C=O) groups is 1. The quantitative estimate of drug-likeness (QED) is 0.257. The van der Waals surface area contributed by atoms with Crippen LogP contribution in [0.4, 0.5) is 20.2 Å². The number of carboxylic acid groups (broad SMARTS) is 1. The molecular weight excluding hydrogens is 508 g/mol. The number of nitrogens with zero attached hydrogens (tertiary/aromatic N) is 1. The standard InChI is InChI=1S/C31H29F2NO3.ClH/c1-19(24-12-6-9-21-8-3-4-11-25(21)24)7-5-10-23-18-34(28-17-22(32)13-16-29(28)37-23)27-15-14-26(33)30(20(27)2)31(35)36;/h3-4,6,8-9,11-17,19,23H,5,7,10,18H2,1-2H3,(H,35,36);1H/t19-,23?;/m0./s1. The molecule has 4 aromatic rings. The fourth-order valence-corrected chi connectivity index (χ4v) is 5.41. The highest BCUT2D eigenvalue weighted by Crippen LogP contribution is 2.41. The van der Waals surface area contributed by atoms with E-state index in [1.165, 1.54) is 28.5 Å². The van der Waals surface area contributed by atoms with Gasteiger partial charge in [-0.05, 0) is 78.3 Å². The zero-order valence-corrected chi connectivity index (χ0v) is 22.1. The van der Waals surface area contributed by atoms with Crippen LogP contribution < -0.4 is 9.64 Å². The molecule has 0 bridgehead atoms. The Kier molecular flexibility index (Phi) is 8.22. The molecule has 1 aliphatic rings. The number of benzene rings is 4. The molecule has 0 spiro atoms. The molecule has 1 heterocycles. The van der Waals surface area contributed by atoms with Crippen LogP contribution in [-0.4, -0.2) is 23.7 Å². The minimum Gasteiger partial charge on any atom is -0.486 e. The summed E-state index contributed by atoms with van der Waals surface area (Å²) in [7, 11) is 0. The molecule has 0 saturated carbocycles. The van der Waals surface area contributed by atoms with Crippen molar-refractivity contribution in [3.8, 4) is 5.75 Å². The van der Waals surface area contributed by atoms with Crippen LogP contribution in [0.5, 0.6) is 5.75 Å². The van der Waals surface area contributed by atoms with E-state index in [1.54, 1.807) is 19.1 Å². The molecule has 1 N–H and O–H groups in total. The van der Waals surface area contributed by atoms with Crippen LogP contribution >= 0.6 is 12.4 Å². The van der Waals surface area contributed by atoms with E-state index in [4.69, 9.17) is 4.74 Å². The van der Waals surface area contributed by atoms with E-state index >= 15 is 0 Å². The van der Waals surface area contributed by atoms with E-state index in [0.717, 1.165) is 25.3 Å². The lowest BCUT2D eigenvalue weighted by Crippen LogP contribution is -2.38. The summed E-state index contributed by atoms with van der Waals surface area (Å²) < 4.78 is 34.7. The Bertz CT molecular complexity index is 1470. The van der Waals surface area contributed by atoms with Gasteiger partial charge >= 0.3 is 5.97 Å². The van der Waals surface area contributed by atoms with Gasteiger partial charge in [-0.25, -0.2) is 13.6 Å². The third-order valence-electron chi connectivity index (χ3n) is 7.30. The Morgan fingerprint density at radius 3 is 2.61 bits per heavy atom. The summed E-state index contributed by atoms with van der Waals surface area (Å²) in [6, 6.07) is 21.8. The number of halogens is 3. The van der Waals surface area contributed by atoms with Gasteiger partial charge in [0.05, 0.1) is 12.2 Å². The average molecular weight is 538 g/mol. The molecule has 4 nitrogen and oxygen atoms in total. The fourth-order valence-electron chi connectivity index (χ4n) is 5.41. The van der Waals surface area contributed by atoms with Gasteiger partial charge in [-0.2, -0.15) is 0 Å². The van der Waals surface area contributed by atoms with Gasteiger partial charge in [0, 0.05) is 11.8 Å². The molecule has 38 heavy (non-hydrogen) atoms. The van der Waals surface area contributed by atoms with Crippen molar-refractivity contribution in [1.29, 1.82) is 0 Å². The van der Waals surface area contributed by atoms with Crippen LogP contribution in [0.2, 0.25) is 0 Å². The van der Waals surface area contributed by atoms with Crippen LogP contribution in [0.3, 0.4) is 0 Å². The van der Waals surface area contributed by atoms with Gasteiger partial charge in [-0.15, -0.1) is 12.4 Å². The van der Waals surface area contributed by atoms with Crippen molar-refractivity contribution < 1.29 is 23.4 Å². The highest BCUT2D eigenvalue weighted by Gasteiger charge is 2.30. The lowest BCUT2D eigenvalue weighted by molar-refractivity contribution is 0.0691. The Hall–Kier alpha value is -3.64. The van der Waals surface area contributed by atoms with Crippen molar-refractivity contribution >= 4 is 40.5 Å². The predicted octanol–water partition coefficient (Wildman–Crippen LogP) is 8.42. The van der Waals surface area contributed by atoms with Gasteiger partial charge in [-0.1, -0.05) is 49.4 Å². The summed E-state index contributed by atoms with van der Waals surface area (Å²) >= 11 is 0. The van der Waals surface area contributed by atoms with Gasteiger partial charge in [0.1, 0.15) is 29.1 Å². The Morgan fingerprint density at radius 2 is 1.82 bits per heavy atom. The third kappa shape index (κ3) is 5.32. The molecule has 0 saturated heterocycles. The minimum absolute atomic E-state index is 0. The summed E-state index contributed by atoms with van der Waals surface area (Å²) in [6.45, 7) is 4.23. The first-order valence-electron chi connectivity index (χ1n) is 12.6. The molecule has 0 amide bonds. The fraction of sp³-hybridized carbons (Fsp3) is 0.258. The van der Waals surface area contributed by atoms with Crippen molar-refractivity contribution in [2.45, 2.75) is 45.1 Å². The number of rotatable bonds is 7. The summed E-state index contributed by atoms with van der Waals surface area (Å²) in [6.07, 6.45) is 2.48. The monoisotopic (exact) mass is 537 g/mol. The number of ether oxygens (including phenoxy) is 1. The van der Waals surface area contributed by atoms with Crippen LogP contribution in [0.15, 0.2) is 72.8 Å². The summed E-state index contributed by atoms with van der Waals surface area (Å²) in [5.41, 5.74) is 2.29. The molecule has 7 heteroatoms. The minimum atomic E-state index is -1.33. The van der Waals surface area contributed by atoms with Crippen molar-refractivity contribution in [2.24, 2.45) is 0 Å². The first-order chi connectivity index (χ1) is 17.8. The molecule has 4 aromatic carbocycles. The number of hydrogen-bond acceptors (Lipinski definition) is 3. The number of fused-ring (bicyclic) bond motifs is 2. The van der Waals surface area contributed by atoms with Crippen molar-refractivity contribution in [3.05, 3.63) is 101 Å². The molecule has 2 atom stereocenters. The molecule has 0 aromatic heterocycles. The van der Waals surface area contributed by atoms with Gasteiger partial charge in [0.2, 0.25) is 0 Å². The van der Waals surface area contributed by atoms with E-state index < -0.39 is 17.6 Å². The van der Waals surface area contributed by atoms with Crippen molar-refractivity contribution in [3.63, 3.8) is 0 Å². The Balaban J connectivity index is 0.00000336. The maximum absolute atomic E-state index is 14.3. The number of aromatic carboxylic acids is 1. The first-order valence-corrected chi connectivity index (χ1v) is 12.6. The van der Waals surface area contributed by atoms with Gasteiger partial charge < -0.3 is 14.7 Å². The number of carboxylic acids is 1. The average Bonchev–Trinajstić information content (AvgIpc) is 2.88. The lowest BCUT2D eigenvalue weighted by atomic mass is 9.90. The molecule has 1 unspecified atom stereocenters. The van der Waals surface area contributed by atoms with Gasteiger partial charge in [-0.3, -0.25) is 0 Å². The molecule has 198 valence electrons. The summed E-state index contributed by atoms with van der Waals surface area (Å²) in [5.74, 6) is -1.65. The lowest BCUT2D eigenvalue weighted by Gasteiger charge is -2.37. The van der Waals surface area contributed by atoms with Gasteiger partial charge in [0.25, 0.3) is 0 Å². The maximum Gasteiger partial charge on any atom is 0.339 e. The van der Waals surface area contributed by atoms with E-state index in [9.17, 15) is 18.7 Å². The SMILES string of the molecule is Cc1c(N2CC(CCC[C@H](C)c3cccc4ccccc34)Oc3ccc(F)cc32)ccc(F)c1C(=O)O.Cl. The predicted molar refractivity (Wildman–Crippen MR) is 149 cm³/mol. The molecular formula is C31H30ClF2NO3. The van der Waals surface area contributed by atoms with Crippen LogP contribution in [0, 0.1) is 18.6 Å². The van der Waals surface area contributed by atoms with E-state index in [0.29, 0.717) is 35.2 Å². The van der Waals surface area contributed by atoms with E-state index in [2.05, 4.69) is 49.4 Å². The van der Waals surface area contributed by atoms with Crippen LogP contribution in [0.1, 0.15) is 53.6 Å². The smallest absolute Gasteiger partial charge is 0.339 e. The largest absolute Gasteiger partial charge is 0.486 e. The van der Waals surface area contributed by atoms with Crippen molar-refractivity contribution in [2.75, 3.05) is 11.4 Å². The topological polar surface area (TPSA) is 49.8 Å². The zero-order valence-electron chi connectivity index (χ0n) is 21.3. The molecule has 0 aliphatic carbocycles. The molecule has 0 radical (unpaired) electrons. The van der Waals surface area contributed by atoms with E-state index in [1.807, 2.05) is 4.90 Å². The third-order valence-corrected chi connectivity index (χ3v) is 7.30. The van der Waals surface area contributed by atoms with Crippen LogP contribution in [-0.2, 0) is 0 Å². The maximum atomic E-state index is 14.3. The number of anilines is 2. The molecule has 5 rings (SSSR count). The first kappa shape index (κ1) is 27.4.